The van der Waals surface area contributed by atoms with Gasteiger partial charge in [0.25, 0.3) is 6.01 Å². The van der Waals surface area contributed by atoms with Gasteiger partial charge >= 0.3 is 0 Å². The number of pyridine rings is 1. The third-order valence-electron chi connectivity index (χ3n) is 4.81. The highest BCUT2D eigenvalue weighted by atomic mass is 16.5. The molecule has 8 nitrogen and oxygen atoms in total. The molecule has 2 heterocycles. The fraction of sp³-hybridized carbons (Fsp3) is 0.650. The van der Waals surface area contributed by atoms with Gasteiger partial charge in [0.1, 0.15) is 5.52 Å². The summed E-state index contributed by atoms with van der Waals surface area (Å²) in [7, 11) is 0. The first kappa shape index (κ1) is 20.4. The van der Waals surface area contributed by atoms with Gasteiger partial charge in [0.2, 0.25) is 11.8 Å². The van der Waals surface area contributed by atoms with Gasteiger partial charge in [-0.15, -0.1) is 0 Å². The minimum atomic E-state index is -0.0294. The molecule has 28 heavy (non-hydrogen) atoms. The number of aryl methyl sites for hydroxylation is 1. The molecule has 1 fully saturated rings. The predicted molar refractivity (Wildman–Crippen MR) is 106 cm³/mol. The number of carbonyl (C=O) groups excluding carboxylic acids is 1. The number of ether oxygens (including phenoxy) is 3. The molecule has 0 radical (unpaired) electrons. The van der Waals surface area contributed by atoms with E-state index in [-0.39, 0.29) is 18.1 Å². The summed E-state index contributed by atoms with van der Waals surface area (Å²) in [6, 6.07) is 4.40. The molecule has 3 rings (SSSR count). The van der Waals surface area contributed by atoms with Crippen LogP contribution in [-0.2, 0) is 16.1 Å². The Hall–Kier alpha value is -2.35. The number of nitrogens with one attached hydrogen (secondary N) is 1. The van der Waals surface area contributed by atoms with Gasteiger partial charge in [-0.1, -0.05) is 0 Å². The van der Waals surface area contributed by atoms with Crippen LogP contribution in [-0.4, -0.2) is 52.4 Å². The fourth-order valence-corrected chi connectivity index (χ4v) is 3.39. The van der Waals surface area contributed by atoms with Gasteiger partial charge in [-0.25, -0.2) is 0 Å². The first-order valence-electron chi connectivity index (χ1n) is 10.0. The van der Waals surface area contributed by atoms with Gasteiger partial charge in [-0.05, 0) is 45.6 Å². The van der Waals surface area contributed by atoms with Gasteiger partial charge in [0.05, 0.1) is 25.9 Å². The van der Waals surface area contributed by atoms with Crippen LogP contribution in [0.15, 0.2) is 12.1 Å². The number of fused-ring (bicyclic) bond motifs is 1. The minimum Gasteiger partial charge on any atom is -0.477 e. The smallest absolute Gasteiger partial charge is 0.298 e. The quantitative estimate of drug-likeness (QED) is 0.671. The lowest BCUT2D eigenvalue weighted by molar-refractivity contribution is -0.120. The third kappa shape index (κ3) is 4.92. The van der Waals surface area contributed by atoms with E-state index < -0.39 is 0 Å². The largest absolute Gasteiger partial charge is 0.477 e. The third-order valence-corrected chi connectivity index (χ3v) is 4.81. The van der Waals surface area contributed by atoms with Gasteiger partial charge in [0.15, 0.2) is 5.65 Å². The molecule has 0 saturated heterocycles. The molecule has 1 N–H and O–H groups in total. The van der Waals surface area contributed by atoms with E-state index in [0.29, 0.717) is 37.6 Å². The Morgan fingerprint density at radius 1 is 1.29 bits per heavy atom. The number of rotatable bonds is 10. The number of hydrogen-bond acceptors (Lipinski definition) is 6. The zero-order valence-electron chi connectivity index (χ0n) is 17.1. The number of hydrogen-bond donors (Lipinski definition) is 1. The van der Waals surface area contributed by atoms with Crippen molar-refractivity contribution in [2.24, 2.45) is 5.92 Å². The summed E-state index contributed by atoms with van der Waals surface area (Å²) in [6.07, 6.45) is 2.18. The summed E-state index contributed by atoms with van der Waals surface area (Å²) >= 11 is 0. The first-order chi connectivity index (χ1) is 13.5. The van der Waals surface area contributed by atoms with Crippen LogP contribution in [0.4, 0.5) is 0 Å². The second-order valence-electron chi connectivity index (χ2n) is 7.27. The van der Waals surface area contributed by atoms with Crippen molar-refractivity contribution in [3.05, 3.63) is 12.1 Å². The topological polar surface area (TPSA) is 87.5 Å². The van der Waals surface area contributed by atoms with Crippen LogP contribution in [0.3, 0.4) is 0 Å². The van der Waals surface area contributed by atoms with E-state index in [1.54, 1.807) is 0 Å². The number of carbonyl (C=O) groups is 1. The lowest BCUT2D eigenvalue weighted by atomic mass is 9.83. The highest BCUT2D eigenvalue weighted by molar-refractivity contribution is 5.73. The van der Waals surface area contributed by atoms with Crippen molar-refractivity contribution in [1.29, 1.82) is 0 Å². The summed E-state index contributed by atoms with van der Waals surface area (Å²) in [5.41, 5.74) is 1.59. The summed E-state index contributed by atoms with van der Waals surface area (Å²) in [6.45, 7) is 9.92. The molecule has 0 bridgehead atoms. The zero-order chi connectivity index (χ0) is 20.1. The van der Waals surface area contributed by atoms with Crippen molar-refractivity contribution in [3.63, 3.8) is 0 Å². The van der Waals surface area contributed by atoms with Gasteiger partial charge in [-0.2, -0.15) is 9.97 Å². The minimum absolute atomic E-state index is 0.0294. The number of imidazole rings is 1. The molecule has 1 aliphatic carbocycles. The Morgan fingerprint density at radius 2 is 2.07 bits per heavy atom. The van der Waals surface area contributed by atoms with E-state index in [1.165, 1.54) is 6.92 Å². The molecular formula is C20H30N4O4. The second kappa shape index (κ2) is 9.23. The number of aromatic nitrogens is 3. The Balaban J connectivity index is 1.47. The van der Waals surface area contributed by atoms with E-state index in [2.05, 4.69) is 15.3 Å². The van der Waals surface area contributed by atoms with Gasteiger partial charge in [0, 0.05) is 25.6 Å². The van der Waals surface area contributed by atoms with Crippen LogP contribution in [0.1, 0.15) is 40.5 Å². The van der Waals surface area contributed by atoms with Crippen LogP contribution in [0.2, 0.25) is 0 Å². The van der Waals surface area contributed by atoms with Crippen molar-refractivity contribution in [2.75, 3.05) is 19.8 Å². The fourth-order valence-electron chi connectivity index (χ4n) is 3.39. The van der Waals surface area contributed by atoms with Crippen LogP contribution >= 0.6 is 0 Å². The van der Waals surface area contributed by atoms with Crippen molar-refractivity contribution in [3.8, 4) is 11.9 Å². The first-order valence-corrected chi connectivity index (χ1v) is 10.0. The molecule has 1 saturated carbocycles. The van der Waals surface area contributed by atoms with Crippen LogP contribution in [0.25, 0.3) is 11.2 Å². The van der Waals surface area contributed by atoms with Crippen LogP contribution < -0.4 is 14.8 Å². The lowest BCUT2D eigenvalue weighted by Crippen LogP contribution is -2.40. The summed E-state index contributed by atoms with van der Waals surface area (Å²) in [5, 5.41) is 2.82. The molecule has 0 aliphatic heterocycles. The lowest BCUT2D eigenvalue weighted by Gasteiger charge is -2.35. The summed E-state index contributed by atoms with van der Waals surface area (Å²) in [4.78, 5) is 20.1. The van der Waals surface area contributed by atoms with Gasteiger partial charge in [-0.3, -0.25) is 9.36 Å². The summed E-state index contributed by atoms with van der Waals surface area (Å²) in [5.74, 6) is 1.04. The standard InChI is InChI=1S/C20H30N4O4/c1-5-24-19-17(22-20(24)26-6-2)7-8-18(23-19)28-12-15-9-16(10-15)27-11-13(3)21-14(4)25/h7-8,13,15-16H,5-6,9-12H2,1-4H3,(H,21,25)/t13-,15-,16-/m0/s1. The molecule has 8 heteroatoms. The molecule has 2 aromatic heterocycles. The van der Waals surface area contributed by atoms with E-state index in [9.17, 15) is 4.79 Å². The van der Waals surface area contributed by atoms with Crippen molar-refractivity contribution in [1.82, 2.24) is 19.9 Å². The monoisotopic (exact) mass is 390 g/mol. The average molecular weight is 390 g/mol. The van der Waals surface area contributed by atoms with E-state index >= 15 is 0 Å². The Labute approximate surface area is 165 Å². The molecule has 154 valence electrons. The molecule has 0 spiro atoms. The zero-order valence-corrected chi connectivity index (χ0v) is 17.1. The second-order valence-corrected chi connectivity index (χ2v) is 7.27. The maximum absolute atomic E-state index is 11.0. The molecule has 1 atom stereocenters. The number of amides is 1. The van der Waals surface area contributed by atoms with E-state index in [1.807, 2.05) is 37.5 Å². The predicted octanol–water partition coefficient (Wildman–Crippen LogP) is 2.55. The van der Waals surface area contributed by atoms with Crippen LogP contribution in [0.5, 0.6) is 11.9 Å². The normalized spacial score (nSPS) is 19.9. The molecule has 2 aromatic rings. The van der Waals surface area contributed by atoms with Crippen molar-refractivity contribution in [2.45, 2.75) is 59.2 Å². The SMILES string of the molecule is CCOc1nc2ccc(OC[C@H]3C[C@H](OC[C@H](C)NC(C)=O)C3)nc2n1CC. The molecule has 1 amide bonds. The van der Waals surface area contributed by atoms with Crippen molar-refractivity contribution >= 4 is 17.1 Å². The Kier molecular flexibility index (Phi) is 6.72. The van der Waals surface area contributed by atoms with Crippen LogP contribution in [0, 0.1) is 5.92 Å². The van der Waals surface area contributed by atoms with E-state index in [4.69, 9.17) is 14.2 Å². The molecule has 0 aromatic carbocycles. The molecular weight excluding hydrogens is 360 g/mol. The molecule has 1 aliphatic rings. The van der Waals surface area contributed by atoms with Gasteiger partial charge < -0.3 is 19.5 Å². The maximum Gasteiger partial charge on any atom is 0.298 e. The Morgan fingerprint density at radius 3 is 2.75 bits per heavy atom. The van der Waals surface area contributed by atoms with Crippen molar-refractivity contribution < 1.29 is 19.0 Å². The maximum atomic E-state index is 11.0. The number of nitrogens with zero attached hydrogens (tertiary/aromatic N) is 3. The highest BCUT2D eigenvalue weighted by Crippen LogP contribution is 2.31. The van der Waals surface area contributed by atoms with E-state index in [0.717, 1.165) is 30.6 Å². The Bertz CT molecular complexity index is 801. The summed E-state index contributed by atoms with van der Waals surface area (Å²) < 4.78 is 19.3. The highest BCUT2D eigenvalue weighted by Gasteiger charge is 2.31. The average Bonchev–Trinajstić information content (AvgIpc) is 2.96. The molecule has 0 unspecified atom stereocenters.